The van der Waals surface area contributed by atoms with Crippen LogP contribution in [0.15, 0.2) is 42.2 Å². The van der Waals surface area contributed by atoms with Crippen molar-refractivity contribution in [3.63, 3.8) is 0 Å². The van der Waals surface area contributed by atoms with Gasteiger partial charge in [0.25, 0.3) is 0 Å². The Morgan fingerprint density at radius 2 is 1.95 bits per heavy atom. The van der Waals surface area contributed by atoms with E-state index in [0.29, 0.717) is 0 Å². The summed E-state index contributed by atoms with van der Waals surface area (Å²) >= 11 is 0. The molecular formula is C17H22O2. The molecule has 1 aliphatic carbocycles. The molecule has 19 heavy (non-hydrogen) atoms. The minimum atomic E-state index is -0.694. The van der Waals surface area contributed by atoms with E-state index in [4.69, 9.17) is 4.74 Å². The summed E-state index contributed by atoms with van der Waals surface area (Å²) in [6.07, 6.45) is 8.06. The van der Waals surface area contributed by atoms with Crippen LogP contribution in [0.2, 0.25) is 0 Å². The lowest BCUT2D eigenvalue weighted by atomic mass is 9.67. The molecular weight excluding hydrogens is 236 g/mol. The summed E-state index contributed by atoms with van der Waals surface area (Å²) in [7, 11) is 0. The predicted octanol–water partition coefficient (Wildman–Crippen LogP) is 3.77. The molecule has 1 heterocycles. The zero-order valence-corrected chi connectivity index (χ0v) is 11.3. The molecule has 1 fully saturated rings. The van der Waals surface area contributed by atoms with E-state index >= 15 is 0 Å². The molecule has 2 aliphatic rings. The largest absolute Gasteiger partial charge is 0.501 e. The predicted molar refractivity (Wildman–Crippen MR) is 75.9 cm³/mol. The lowest BCUT2D eigenvalue weighted by Gasteiger charge is -2.42. The smallest absolute Gasteiger partial charge is 0.0957 e. The molecule has 1 N–H and O–H groups in total. The Kier molecular flexibility index (Phi) is 3.61. The van der Waals surface area contributed by atoms with E-state index in [2.05, 4.69) is 24.3 Å². The van der Waals surface area contributed by atoms with Gasteiger partial charge in [-0.25, -0.2) is 0 Å². The average Bonchev–Trinajstić information content (AvgIpc) is 2.49. The topological polar surface area (TPSA) is 29.5 Å². The second-order valence-corrected chi connectivity index (χ2v) is 5.75. The minimum absolute atomic E-state index is 0.218. The molecule has 0 saturated heterocycles. The fraction of sp³-hybridized carbons (Fsp3) is 0.529. The van der Waals surface area contributed by atoms with Gasteiger partial charge in [-0.3, -0.25) is 0 Å². The Labute approximate surface area is 115 Å². The van der Waals surface area contributed by atoms with Crippen LogP contribution in [-0.2, 0) is 4.74 Å². The molecule has 0 aromatic heterocycles. The Hall–Kier alpha value is -1.28. The summed E-state index contributed by atoms with van der Waals surface area (Å²) in [5.41, 5.74) is 1.67. The quantitative estimate of drug-likeness (QED) is 0.875. The monoisotopic (exact) mass is 258 g/mol. The van der Waals surface area contributed by atoms with Gasteiger partial charge in [-0.15, -0.1) is 0 Å². The highest BCUT2D eigenvalue weighted by Crippen LogP contribution is 2.46. The standard InChI is InChI=1S/C17H22O2/c18-17(15-9-6-12-19-13-15)11-5-4-10-16(17)14-7-2-1-3-8-14/h1-3,7-8,13,16,18H,4-6,9-12H2. The van der Waals surface area contributed by atoms with Crippen LogP contribution in [0.25, 0.3) is 0 Å². The normalized spacial score (nSPS) is 31.4. The fourth-order valence-electron chi connectivity index (χ4n) is 3.55. The third-order valence-electron chi connectivity index (χ3n) is 4.57. The van der Waals surface area contributed by atoms with Crippen molar-refractivity contribution in [3.05, 3.63) is 47.7 Å². The van der Waals surface area contributed by atoms with Gasteiger partial charge in [0.15, 0.2) is 0 Å². The molecule has 1 aromatic carbocycles. The lowest BCUT2D eigenvalue weighted by molar-refractivity contribution is 0.00668. The zero-order valence-electron chi connectivity index (χ0n) is 11.3. The average molecular weight is 258 g/mol. The van der Waals surface area contributed by atoms with Crippen molar-refractivity contribution in [3.8, 4) is 0 Å². The molecule has 1 aromatic rings. The molecule has 2 atom stereocenters. The van der Waals surface area contributed by atoms with Crippen molar-refractivity contribution in [2.75, 3.05) is 6.61 Å². The highest BCUT2D eigenvalue weighted by atomic mass is 16.5. The SMILES string of the molecule is OC1(C2=COCCC2)CCCCC1c1ccccc1. The van der Waals surface area contributed by atoms with Crippen LogP contribution in [-0.4, -0.2) is 17.3 Å². The van der Waals surface area contributed by atoms with Crippen molar-refractivity contribution in [2.45, 2.75) is 50.0 Å². The molecule has 0 amide bonds. The summed E-state index contributed by atoms with van der Waals surface area (Å²) in [6.45, 7) is 0.787. The van der Waals surface area contributed by atoms with Gasteiger partial charge in [-0.2, -0.15) is 0 Å². The summed E-state index contributed by atoms with van der Waals surface area (Å²) in [4.78, 5) is 0. The second-order valence-electron chi connectivity index (χ2n) is 5.75. The van der Waals surface area contributed by atoms with Crippen molar-refractivity contribution in [2.24, 2.45) is 0 Å². The first-order valence-electron chi connectivity index (χ1n) is 7.39. The van der Waals surface area contributed by atoms with Crippen molar-refractivity contribution >= 4 is 0 Å². The van der Waals surface area contributed by atoms with Gasteiger partial charge in [-0.1, -0.05) is 43.2 Å². The first kappa shape index (κ1) is 12.7. The van der Waals surface area contributed by atoms with Gasteiger partial charge in [0, 0.05) is 5.92 Å². The Bertz CT molecular complexity index is 452. The Morgan fingerprint density at radius 3 is 2.68 bits per heavy atom. The summed E-state index contributed by atoms with van der Waals surface area (Å²) in [5.74, 6) is 0.218. The maximum Gasteiger partial charge on any atom is 0.0957 e. The molecule has 0 bridgehead atoms. The van der Waals surface area contributed by atoms with Gasteiger partial charge < -0.3 is 9.84 Å². The van der Waals surface area contributed by atoms with Gasteiger partial charge in [-0.05, 0) is 36.8 Å². The number of hydrogen-bond acceptors (Lipinski definition) is 2. The van der Waals surface area contributed by atoms with Crippen LogP contribution < -0.4 is 0 Å². The van der Waals surface area contributed by atoms with E-state index in [0.717, 1.165) is 44.3 Å². The highest BCUT2D eigenvalue weighted by molar-refractivity contribution is 5.31. The van der Waals surface area contributed by atoms with Crippen LogP contribution in [0, 0.1) is 0 Å². The summed E-state index contributed by atoms with van der Waals surface area (Å²) in [6, 6.07) is 10.5. The second kappa shape index (κ2) is 5.38. The van der Waals surface area contributed by atoms with E-state index in [9.17, 15) is 5.11 Å². The molecule has 0 radical (unpaired) electrons. The number of hydrogen-bond donors (Lipinski definition) is 1. The summed E-state index contributed by atoms with van der Waals surface area (Å²) < 4.78 is 5.46. The third-order valence-corrected chi connectivity index (χ3v) is 4.57. The van der Waals surface area contributed by atoms with Crippen LogP contribution >= 0.6 is 0 Å². The number of aliphatic hydroxyl groups is 1. The van der Waals surface area contributed by atoms with E-state index < -0.39 is 5.60 Å². The van der Waals surface area contributed by atoms with Crippen LogP contribution in [0.1, 0.15) is 50.0 Å². The van der Waals surface area contributed by atoms with E-state index in [1.807, 2.05) is 12.3 Å². The van der Waals surface area contributed by atoms with Crippen LogP contribution in [0.3, 0.4) is 0 Å². The first-order chi connectivity index (χ1) is 9.31. The lowest BCUT2D eigenvalue weighted by Crippen LogP contribution is -2.41. The van der Waals surface area contributed by atoms with Crippen LogP contribution in [0.5, 0.6) is 0 Å². The molecule has 1 saturated carbocycles. The fourth-order valence-corrected chi connectivity index (χ4v) is 3.55. The Balaban J connectivity index is 1.94. The van der Waals surface area contributed by atoms with Gasteiger partial charge in [0.05, 0.1) is 18.5 Å². The molecule has 2 unspecified atom stereocenters. The van der Waals surface area contributed by atoms with Crippen molar-refractivity contribution < 1.29 is 9.84 Å². The molecule has 0 spiro atoms. The van der Waals surface area contributed by atoms with E-state index in [1.165, 1.54) is 12.0 Å². The van der Waals surface area contributed by atoms with Crippen molar-refractivity contribution in [1.82, 2.24) is 0 Å². The van der Waals surface area contributed by atoms with Crippen LogP contribution in [0.4, 0.5) is 0 Å². The van der Waals surface area contributed by atoms with E-state index in [1.54, 1.807) is 0 Å². The number of ether oxygens (including phenoxy) is 1. The van der Waals surface area contributed by atoms with Gasteiger partial charge in [0.1, 0.15) is 0 Å². The number of benzene rings is 1. The maximum absolute atomic E-state index is 11.3. The van der Waals surface area contributed by atoms with Crippen molar-refractivity contribution in [1.29, 1.82) is 0 Å². The maximum atomic E-state index is 11.3. The number of rotatable bonds is 2. The van der Waals surface area contributed by atoms with E-state index in [-0.39, 0.29) is 5.92 Å². The zero-order chi connectivity index (χ0) is 13.1. The first-order valence-corrected chi connectivity index (χ1v) is 7.39. The molecule has 102 valence electrons. The molecule has 2 nitrogen and oxygen atoms in total. The van der Waals surface area contributed by atoms with Gasteiger partial charge >= 0.3 is 0 Å². The Morgan fingerprint density at radius 1 is 1.11 bits per heavy atom. The minimum Gasteiger partial charge on any atom is -0.501 e. The molecule has 3 rings (SSSR count). The van der Waals surface area contributed by atoms with Gasteiger partial charge in [0.2, 0.25) is 0 Å². The summed E-state index contributed by atoms with van der Waals surface area (Å²) in [5, 5.41) is 11.3. The molecule has 1 aliphatic heterocycles. The third kappa shape index (κ3) is 2.42. The molecule has 2 heteroatoms. The highest BCUT2D eigenvalue weighted by Gasteiger charge is 2.43.